The number of esters is 1. The predicted octanol–water partition coefficient (Wildman–Crippen LogP) is 4.94. The molecule has 0 heterocycles. The van der Waals surface area contributed by atoms with Crippen LogP contribution in [-0.2, 0) is 0 Å². The van der Waals surface area contributed by atoms with Gasteiger partial charge in [-0.2, -0.15) is 0 Å². The van der Waals surface area contributed by atoms with Crippen LogP contribution < -0.4 is 4.74 Å². The molecule has 2 aromatic carbocycles. The van der Waals surface area contributed by atoms with Crippen LogP contribution in [0.2, 0.25) is 5.02 Å². The smallest absolute Gasteiger partial charge is 0.345 e. The topological polar surface area (TPSA) is 26.3 Å². The van der Waals surface area contributed by atoms with Gasteiger partial charge in [0, 0.05) is 4.47 Å². The zero-order valence-electron chi connectivity index (χ0n) is 10.5. The van der Waals surface area contributed by atoms with Crippen molar-refractivity contribution in [3.05, 3.63) is 62.6 Å². The van der Waals surface area contributed by atoms with Gasteiger partial charge in [0.05, 0.1) is 10.6 Å². The average Bonchev–Trinajstić information content (AvgIpc) is 2.34. The van der Waals surface area contributed by atoms with Crippen LogP contribution in [0, 0.1) is 13.8 Å². The van der Waals surface area contributed by atoms with Gasteiger partial charge in [-0.25, -0.2) is 4.79 Å². The molecule has 0 saturated carbocycles. The fourth-order valence-electron chi connectivity index (χ4n) is 1.83. The maximum Gasteiger partial charge on any atom is 0.345 e. The molecule has 0 N–H and O–H groups in total. The Morgan fingerprint density at radius 2 is 1.74 bits per heavy atom. The minimum atomic E-state index is -0.445. The van der Waals surface area contributed by atoms with E-state index in [1.807, 2.05) is 26.0 Å². The molecule has 0 fully saturated rings. The van der Waals surface area contributed by atoms with E-state index in [1.54, 1.807) is 24.3 Å². The van der Waals surface area contributed by atoms with Gasteiger partial charge in [-0.1, -0.05) is 39.7 Å². The molecule has 0 atom stereocenters. The third-order valence-electron chi connectivity index (χ3n) is 2.71. The highest BCUT2D eigenvalue weighted by molar-refractivity contribution is 9.10. The van der Waals surface area contributed by atoms with Gasteiger partial charge in [0.2, 0.25) is 0 Å². The highest BCUT2D eigenvalue weighted by Gasteiger charge is 2.15. The number of halogens is 2. The number of carbonyl (C=O) groups excluding carboxylic acids is 1. The molecule has 0 aliphatic carbocycles. The van der Waals surface area contributed by atoms with Crippen molar-refractivity contribution in [2.24, 2.45) is 0 Å². The first-order valence-corrected chi connectivity index (χ1v) is 6.89. The van der Waals surface area contributed by atoms with Gasteiger partial charge in [0.1, 0.15) is 5.75 Å². The van der Waals surface area contributed by atoms with Crippen LogP contribution >= 0.6 is 27.5 Å². The first-order valence-electron chi connectivity index (χ1n) is 5.72. The summed E-state index contributed by atoms with van der Waals surface area (Å²) in [6.45, 7) is 3.79. The van der Waals surface area contributed by atoms with Crippen LogP contribution in [0.3, 0.4) is 0 Å². The molecule has 0 aliphatic heterocycles. The van der Waals surface area contributed by atoms with Crippen molar-refractivity contribution in [1.29, 1.82) is 0 Å². The van der Waals surface area contributed by atoms with Gasteiger partial charge >= 0.3 is 5.97 Å². The minimum absolute atomic E-state index is 0.367. The lowest BCUT2D eigenvalue weighted by molar-refractivity contribution is 0.0732. The molecule has 0 spiro atoms. The fraction of sp³-hybridized carbons (Fsp3) is 0.133. The average molecular weight is 340 g/mol. The first kappa shape index (κ1) is 14.1. The Morgan fingerprint density at radius 1 is 1.16 bits per heavy atom. The number of aryl methyl sites for hydroxylation is 2. The summed E-state index contributed by atoms with van der Waals surface area (Å²) in [4.78, 5) is 12.1. The Bertz CT molecular complexity index is 615. The lowest BCUT2D eigenvalue weighted by Crippen LogP contribution is -2.10. The van der Waals surface area contributed by atoms with E-state index in [9.17, 15) is 4.79 Å². The molecule has 98 valence electrons. The molecule has 0 bridgehead atoms. The van der Waals surface area contributed by atoms with E-state index < -0.39 is 5.97 Å². The molecule has 2 rings (SSSR count). The number of carbonyl (C=O) groups is 1. The summed E-state index contributed by atoms with van der Waals surface area (Å²) in [5.74, 6) is 0.132. The van der Waals surface area contributed by atoms with Gasteiger partial charge in [-0.3, -0.25) is 0 Å². The van der Waals surface area contributed by atoms with Gasteiger partial charge in [0.25, 0.3) is 0 Å². The number of hydrogen-bond acceptors (Lipinski definition) is 2. The van der Waals surface area contributed by atoms with Crippen molar-refractivity contribution in [1.82, 2.24) is 0 Å². The third kappa shape index (κ3) is 3.17. The van der Waals surface area contributed by atoms with Gasteiger partial charge in [0.15, 0.2) is 0 Å². The van der Waals surface area contributed by atoms with Crippen LogP contribution in [-0.4, -0.2) is 5.97 Å². The Hall–Kier alpha value is -1.32. The monoisotopic (exact) mass is 338 g/mol. The highest BCUT2D eigenvalue weighted by Crippen LogP contribution is 2.28. The Balaban J connectivity index is 2.32. The molecule has 2 aromatic rings. The standard InChI is InChI=1S/C15H12BrClO2/c1-9-7-11(16)8-10(2)14(9)19-15(18)12-5-3-4-6-13(12)17/h3-8H,1-2H3. The van der Waals surface area contributed by atoms with E-state index in [0.29, 0.717) is 16.3 Å². The van der Waals surface area contributed by atoms with Gasteiger partial charge < -0.3 is 4.74 Å². The van der Waals surface area contributed by atoms with Crippen LogP contribution in [0.5, 0.6) is 5.75 Å². The Labute approximate surface area is 125 Å². The number of benzene rings is 2. The summed E-state index contributed by atoms with van der Waals surface area (Å²) < 4.78 is 6.41. The zero-order valence-corrected chi connectivity index (χ0v) is 12.9. The third-order valence-corrected chi connectivity index (χ3v) is 3.50. The van der Waals surface area contributed by atoms with Crippen LogP contribution in [0.15, 0.2) is 40.9 Å². The van der Waals surface area contributed by atoms with E-state index >= 15 is 0 Å². The summed E-state index contributed by atoms with van der Waals surface area (Å²) in [7, 11) is 0. The molecule has 0 aromatic heterocycles. The molecule has 0 radical (unpaired) electrons. The number of hydrogen-bond donors (Lipinski definition) is 0. The minimum Gasteiger partial charge on any atom is -0.422 e. The SMILES string of the molecule is Cc1cc(Br)cc(C)c1OC(=O)c1ccccc1Cl. The summed E-state index contributed by atoms with van der Waals surface area (Å²) in [5.41, 5.74) is 2.16. The molecular formula is C15H12BrClO2. The second-order valence-corrected chi connectivity index (χ2v) is 5.56. The Morgan fingerprint density at radius 3 is 2.32 bits per heavy atom. The number of rotatable bonds is 2. The molecule has 19 heavy (non-hydrogen) atoms. The maximum atomic E-state index is 12.1. The molecule has 0 aliphatic rings. The molecule has 0 unspecified atom stereocenters. The van der Waals surface area contributed by atoms with E-state index in [2.05, 4.69) is 15.9 Å². The Kier molecular flexibility index (Phi) is 4.27. The van der Waals surface area contributed by atoms with E-state index in [-0.39, 0.29) is 0 Å². The molecule has 2 nitrogen and oxygen atoms in total. The quantitative estimate of drug-likeness (QED) is 0.572. The second kappa shape index (κ2) is 5.76. The second-order valence-electron chi connectivity index (χ2n) is 4.24. The largest absolute Gasteiger partial charge is 0.422 e. The van der Waals surface area contributed by atoms with E-state index in [1.165, 1.54) is 0 Å². The van der Waals surface area contributed by atoms with Crippen LogP contribution in [0.25, 0.3) is 0 Å². The lowest BCUT2D eigenvalue weighted by Gasteiger charge is -2.11. The van der Waals surface area contributed by atoms with Crippen molar-refractivity contribution in [3.63, 3.8) is 0 Å². The summed E-state index contributed by atoms with van der Waals surface area (Å²) >= 11 is 9.39. The van der Waals surface area contributed by atoms with Crippen LogP contribution in [0.1, 0.15) is 21.5 Å². The van der Waals surface area contributed by atoms with Crippen molar-refractivity contribution >= 4 is 33.5 Å². The van der Waals surface area contributed by atoms with Gasteiger partial charge in [-0.15, -0.1) is 0 Å². The molecular weight excluding hydrogens is 328 g/mol. The summed E-state index contributed by atoms with van der Waals surface area (Å²) in [5, 5.41) is 0.389. The van der Waals surface area contributed by atoms with Crippen molar-refractivity contribution in [3.8, 4) is 5.75 Å². The van der Waals surface area contributed by atoms with E-state index in [0.717, 1.165) is 15.6 Å². The maximum absolute atomic E-state index is 12.1. The number of ether oxygens (including phenoxy) is 1. The van der Waals surface area contributed by atoms with Crippen molar-refractivity contribution < 1.29 is 9.53 Å². The van der Waals surface area contributed by atoms with E-state index in [4.69, 9.17) is 16.3 Å². The van der Waals surface area contributed by atoms with Crippen molar-refractivity contribution in [2.45, 2.75) is 13.8 Å². The fourth-order valence-corrected chi connectivity index (χ4v) is 2.73. The first-order chi connectivity index (χ1) is 8.99. The normalized spacial score (nSPS) is 10.3. The highest BCUT2D eigenvalue weighted by atomic mass is 79.9. The van der Waals surface area contributed by atoms with Crippen molar-refractivity contribution in [2.75, 3.05) is 0 Å². The molecule has 0 saturated heterocycles. The zero-order chi connectivity index (χ0) is 14.0. The summed E-state index contributed by atoms with van der Waals surface area (Å²) in [6, 6.07) is 10.6. The molecule has 4 heteroatoms. The van der Waals surface area contributed by atoms with Gasteiger partial charge in [-0.05, 0) is 49.2 Å². The summed E-state index contributed by atoms with van der Waals surface area (Å²) in [6.07, 6.45) is 0. The van der Waals surface area contributed by atoms with Crippen LogP contribution in [0.4, 0.5) is 0 Å². The molecule has 0 amide bonds. The predicted molar refractivity (Wildman–Crippen MR) is 80.0 cm³/mol. The lowest BCUT2D eigenvalue weighted by atomic mass is 10.1.